The molecule has 1 N–H and O–H groups in total. The van der Waals surface area contributed by atoms with Gasteiger partial charge in [-0.2, -0.15) is 0 Å². The fraction of sp³-hybridized carbons (Fsp3) is 0.294. The van der Waals surface area contributed by atoms with Gasteiger partial charge < -0.3 is 5.32 Å². The molecule has 3 rings (SSSR count). The highest BCUT2D eigenvalue weighted by molar-refractivity contribution is 6.30. The first-order valence-corrected chi connectivity index (χ1v) is 7.23. The predicted octanol–water partition coefficient (Wildman–Crippen LogP) is 4.62. The van der Waals surface area contributed by atoms with Crippen LogP contribution >= 0.6 is 24.0 Å². The maximum atomic E-state index is 5.99. The molecule has 0 bridgehead atoms. The van der Waals surface area contributed by atoms with E-state index in [4.69, 9.17) is 11.6 Å². The second kappa shape index (κ2) is 7.12. The van der Waals surface area contributed by atoms with Crippen molar-refractivity contribution in [2.45, 2.75) is 18.3 Å². The first-order valence-electron chi connectivity index (χ1n) is 6.86. The molecule has 0 spiro atoms. The Morgan fingerprint density at radius 1 is 0.850 bits per heavy atom. The molecular weight excluding hydrogens is 289 g/mol. The molecule has 1 fully saturated rings. The maximum Gasteiger partial charge on any atom is 0.0406 e. The van der Waals surface area contributed by atoms with Gasteiger partial charge in [-0.25, -0.2) is 0 Å². The molecule has 20 heavy (non-hydrogen) atoms. The highest BCUT2D eigenvalue weighted by Crippen LogP contribution is 2.37. The van der Waals surface area contributed by atoms with Crippen LogP contribution in [0.3, 0.4) is 0 Å². The van der Waals surface area contributed by atoms with Crippen molar-refractivity contribution < 1.29 is 0 Å². The lowest BCUT2D eigenvalue weighted by Gasteiger charge is -2.33. The Morgan fingerprint density at radius 3 is 2.20 bits per heavy atom. The average molecular weight is 308 g/mol. The molecule has 0 amide bonds. The summed E-state index contributed by atoms with van der Waals surface area (Å²) in [6.45, 7) is 2.14. The quantitative estimate of drug-likeness (QED) is 0.853. The summed E-state index contributed by atoms with van der Waals surface area (Å²) in [7, 11) is 0. The van der Waals surface area contributed by atoms with Crippen molar-refractivity contribution in [3.63, 3.8) is 0 Å². The van der Waals surface area contributed by atoms with Crippen LogP contribution in [0, 0.1) is 0 Å². The number of hydrogen-bond donors (Lipinski definition) is 1. The minimum atomic E-state index is 0. The van der Waals surface area contributed by atoms with Crippen LogP contribution in [0.15, 0.2) is 54.6 Å². The molecule has 0 unspecified atom stereocenters. The first kappa shape index (κ1) is 15.4. The van der Waals surface area contributed by atoms with Crippen LogP contribution in [0.2, 0.25) is 5.02 Å². The zero-order chi connectivity index (χ0) is 13.1. The summed E-state index contributed by atoms with van der Waals surface area (Å²) < 4.78 is 0. The molecule has 1 aliphatic rings. The van der Waals surface area contributed by atoms with Crippen molar-refractivity contribution in [3.8, 4) is 0 Å². The van der Waals surface area contributed by atoms with Crippen LogP contribution < -0.4 is 5.32 Å². The van der Waals surface area contributed by atoms with Gasteiger partial charge in [0.2, 0.25) is 0 Å². The molecule has 1 nitrogen and oxygen atoms in total. The zero-order valence-corrected chi connectivity index (χ0v) is 12.8. The Morgan fingerprint density at radius 2 is 1.50 bits per heavy atom. The van der Waals surface area contributed by atoms with E-state index in [2.05, 4.69) is 47.8 Å². The van der Waals surface area contributed by atoms with Gasteiger partial charge in [-0.15, -0.1) is 12.4 Å². The Labute approximate surface area is 131 Å². The molecule has 2 aromatic carbocycles. The fourth-order valence-electron chi connectivity index (χ4n) is 3.02. The lowest BCUT2D eigenvalue weighted by Crippen LogP contribution is -2.33. The fourth-order valence-corrected chi connectivity index (χ4v) is 3.14. The van der Waals surface area contributed by atoms with E-state index in [-0.39, 0.29) is 12.4 Å². The average Bonchev–Trinajstić information content (AvgIpc) is 2.49. The summed E-state index contributed by atoms with van der Waals surface area (Å²) in [6.07, 6.45) is 1.19. The molecule has 3 heteroatoms. The van der Waals surface area contributed by atoms with E-state index < -0.39 is 0 Å². The lowest BCUT2D eigenvalue weighted by molar-refractivity contribution is 0.404. The molecule has 0 aromatic heterocycles. The predicted molar refractivity (Wildman–Crippen MR) is 88.1 cm³/mol. The number of benzene rings is 2. The van der Waals surface area contributed by atoms with Crippen LogP contribution in [-0.4, -0.2) is 13.1 Å². The van der Waals surface area contributed by atoms with Crippen LogP contribution in [0.1, 0.15) is 29.4 Å². The van der Waals surface area contributed by atoms with Crippen LogP contribution in [-0.2, 0) is 0 Å². The number of hydrogen-bond acceptors (Lipinski definition) is 1. The van der Waals surface area contributed by atoms with E-state index in [1.54, 1.807) is 0 Å². The van der Waals surface area contributed by atoms with Crippen molar-refractivity contribution in [2.24, 2.45) is 0 Å². The standard InChI is InChI=1S/C17H18ClN.ClH/c18-15-8-6-14(7-9-15)17-12-19-11-10-16(17)13-4-2-1-3-5-13;/h1-9,16-17,19H,10-12H2;1H/t16-,17+;/m0./s1. The topological polar surface area (TPSA) is 12.0 Å². The van der Waals surface area contributed by atoms with Crippen LogP contribution in [0.4, 0.5) is 0 Å². The molecule has 2 atom stereocenters. The largest absolute Gasteiger partial charge is 0.316 e. The van der Waals surface area contributed by atoms with Gasteiger partial charge >= 0.3 is 0 Å². The SMILES string of the molecule is Cl.Clc1ccc([C@H]2CNCC[C@H]2c2ccccc2)cc1. The monoisotopic (exact) mass is 307 g/mol. The van der Waals surface area contributed by atoms with Gasteiger partial charge in [0, 0.05) is 17.5 Å². The lowest BCUT2D eigenvalue weighted by atomic mass is 9.77. The van der Waals surface area contributed by atoms with Gasteiger partial charge in [0.1, 0.15) is 0 Å². The third kappa shape index (κ3) is 3.35. The number of halogens is 2. The number of piperidine rings is 1. The minimum Gasteiger partial charge on any atom is -0.316 e. The van der Waals surface area contributed by atoms with Crippen LogP contribution in [0.25, 0.3) is 0 Å². The van der Waals surface area contributed by atoms with E-state index in [9.17, 15) is 0 Å². The third-order valence-corrected chi connectivity index (χ3v) is 4.26. The Hall–Kier alpha value is -1.02. The summed E-state index contributed by atoms with van der Waals surface area (Å²) in [5.74, 6) is 1.14. The first-order chi connectivity index (χ1) is 9.34. The highest BCUT2D eigenvalue weighted by Gasteiger charge is 2.27. The zero-order valence-electron chi connectivity index (χ0n) is 11.3. The summed E-state index contributed by atoms with van der Waals surface area (Å²) in [4.78, 5) is 0. The second-order valence-electron chi connectivity index (χ2n) is 5.17. The van der Waals surface area contributed by atoms with Crippen molar-refractivity contribution in [1.29, 1.82) is 0 Å². The van der Waals surface area contributed by atoms with E-state index in [1.807, 2.05) is 12.1 Å². The smallest absolute Gasteiger partial charge is 0.0406 e. The van der Waals surface area contributed by atoms with Gasteiger partial charge in [-0.3, -0.25) is 0 Å². The van der Waals surface area contributed by atoms with Gasteiger partial charge in [0.05, 0.1) is 0 Å². The van der Waals surface area contributed by atoms with Gasteiger partial charge in [0.15, 0.2) is 0 Å². The molecule has 106 valence electrons. The Bertz CT molecular complexity index is 524. The molecule has 1 saturated heterocycles. The van der Waals surface area contributed by atoms with Crippen LogP contribution in [0.5, 0.6) is 0 Å². The molecule has 1 heterocycles. The van der Waals surface area contributed by atoms with E-state index >= 15 is 0 Å². The summed E-state index contributed by atoms with van der Waals surface area (Å²) in [6, 6.07) is 19.2. The summed E-state index contributed by atoms with van der Waals surface area (Å²) in [5, 5.41) is 4.32. The second-order valence-corrected chi connectivity index (χ2v) is 5.60. The van der Waals surface area contributed by atoms with Crippen molar-refractivity contribution in [3.05, 3.63) is 70.7 Å². The maximum absolute atomic E-state index is 5.99. The van der Waals surface area contributed by atoms with E-state index in [0.717, 1.165) is 18.1 Å². The molecule has 0 radical (unpaired) electrons. The Kier molecular flexibility index (Phi) is 5.47. The van der Waals surface area contributed by atoms with E-state index in [1.165, 1.54) is 17.5 Å². The molecule has 2 aromatic rings. The molecule has 0 aliphatic carbocycles. The molecule has 0 saturated carbocycles. The normalized spacial score (nSPS) is 22.1. The van der Waals surface area contributed by atoms with Crippen molar-refractivity contribution in [2.75, 3.05) is 13.1 Å². The third-order valence-electron chi connectivity index (χ3n) is 4.01. The van der Waals surface area contributed by atoms with Gasteiger partial charge in [0.25, 0.3) is 0 Å². The number of rotatable bonds is 2. The van der Waals surface area contributed by atoms with Gasteiger partial charge in [-0.1, -0.05) is 54.1 Å². The van der Waals surface area contributed by atoms with Gasteiger partial charge in [-0.05, 0) is 42.1 Å². The number of nitrogens with one attached hydrogen (secondary N) is 1. The summed E-state index contributed by atoms with van der Waals surface area (Å²) in [5.41, 5.74) is 2.83. The Balaban J connectivity index is 0.00000147. The highest BCUT2D eigenvalue weighted by atomic mass is 35.5. The molecular formula is C17H19Cl2N. The minimum absolute atomic E-state index is 0. The van der Waals surface area contributed by atoms with Crippen molar-refractivity contribution in [1.82, 2.24) is 5.32 Å². The van der Waals surface area contributed by atoms with Crippen molar-refractivity contribution >= 4 is 24.0 Å². The molecule has 1 aliphatic heterocycles. The summed E-state index contributed by atoms with van der Waals surface area (Å²) >= 11 is 5.99. The van der Waals surface area contributed by atoms with E-state index in [0.29, 0.717) is 11.8 Å².